The Morgan fingerprint density at radius 2 is 2.04 bits per heavy atom. The van der Waals surface area contributed by atoms with Gasteiger partial charge in [-0.15, -0.1) is 11.3 Å². The number of anilines is 1. The Hall–Kier alpha value is -2.95. The first-order valence-electron chi connectivity index (χ1n) is 7.79. The number of hydrogen-bond donors (Lipinski definition) is 1. The van der Waals surface area contributed by atoms with Crippen LogP contribution in [0.15, 0.2) is 42.5 Å². The van der Waals surface area contributed by atoms with Crippen LogP contribution in [0.2, 0.25) is 5.02 Å². The van der Waals surface area contributed by atoms with E-state index in [0.717, 1.165) is 11.3 Å². The summed E-state index contributed by atoms with van der Waals surface area (Å²) in [7, 11) is 0. The minimum absolute atomic E-state index is 0.0920. The molecule has 0 aliphatic heterocycles. The summed E-state index contributed by atoms with van der Waals surface area (Å²) in [5, 5.41) is 12.3. The molecule has 0 bridgehead atoms. The molecule has 0 aliphatic rings. The number of fused-ring (bicyclic) bond motifs is 1. The van der Waals surface area contributed by atoms with E-state index in [0.29, 0.717) is 21.3 Å². The van der Waals surface area contributed by atoms with Gasteiger partial charge in [-0.05, 0) is 37.3 Å². The van der Waals surface area contributed by atoms with Crippen LogP contribution in [0.4, 0.5) is 10.1 Å². The van der Waals surface area contributed by atoms with Crippen molar-refractivity contribution in [2.24, 2.45) is 0 Å². The van der Waals surface area contributed by atoms with E-state index in [2.05, 4.69) is 5.32 Å². The third-order valence-corrected chi connectivity index (χ3v) is 5.37. The lowest BCUT2D eigenvalue weighted by Crippen LogP contribution is -2.30. The van der Waals surface area contributed by atoms with Gasteiger partial charge >= 0.3 is 5.97 Å². The highest BCUT2D eigenvalue weighted by Crippen LogP contribution is 2.36. The number of halogens is 2. The molecule has 1 heterocycles. The largest absolute Gasteiger partial charge is 0.448 e. The van der Waals surface area contributed by atoms with E-state index in [-0.39, 0.29) is 9.90 Å². The van der Waals surface area contributed by atoms with Gasteiger partial charge in [-0.1, -0.05) is 23.7 Å². The first kappa shape index (κ1) is 18.8. The monoisotopic (exact) mass is 402 g/mol. The van der Waals surface area contributed by atoms with Gasteiger partial charge in [0.25, 0.3) is 5.91 Å². The number of carbonyl (C=O) groups excluding carboxylic acids is 2. The summed E-state index contributed by atoms with van der Waals surface area (Å²) in [5.41, 5.74) is 0.613. The fourth-order valence-electron chi connectivity index (χ4n) is 2.36. The molecule has 0 unspecified atom stereocenters. The SMILES string of the molecule is C[C@H](OC(=O)c1sc2cc(F)ccc2c1Cl)C(=O)Nc1ccccc1C#N. The highest BCUT2D eigenvalue weighted by atomic mass is 35.5. The number of carbonyl (C=O) groups is 2. The second kappa shape index (κ2) is 7.74. The van der Waals surface area contributed by atoms with E-state index in [1.165, 1.54) is 25.1 Å². The smallest absolute Gasteiger partial charge is 0.350 e. The van der Waals surface area contributed by atoms with Crippen molar-refractivity contribution in [2.75, 3.05) is 5.32 Å². The number of nitriles is 1. The average molecular weight is 403 g/mol. The molecule has 3 rings (SSSR count). The first-order chi connectivity index (χ1) is 12.9. The third kappa shape index (κ3) is 3.92. The number of amides is 1. The molecule has 0 saturated carbocycles. The maximum absolute atomic E-state index is 13.3. The number of nitrogens with one attached hydrogen (secondary N) is 1. The minimum atomic E-state index is -1.12. The molecule has 0 fully saturated rings. The van der Waals surface area contributed by atoms with Crippen molar-refractivity contribution in [1.82, 2.24) is 0 Å². The van der Waals surface area contributed by atoms with Gasteiger partial charge in [-0.2, -0.15) is 5.26 Å². The van der Waals surface area contributed by atoms with Crippen molar-refractivity contribution in [2.45, 2.75) is 13.0 Å². The van der Waals surface area contributed by atoms with Crippen molar-refractivity contribution < 1.29 is 18.7 Å². The summed E-state index contributed by atoms with van der Waals surface area (Å²) in [5.74, 6) is -1.81. The normalized spacial score (nSPS) is 11.6. The van der Waals surface area contributed by atoms with Crippen LogP contribution in [0.3, 0.4) is 0 Å². The first-order valence-corrected chi connectivity index (χ1v) is 8.98. The molecular formula is C19H12ClFN2O3S. The molecule has 1 aromatic heterocycles. The molecule has 3 aromatic rings. The van der Waals surface area contributed by atoms with Crippen molar-refractivity contribution in [3.8, 4) is 6.07 Å². The van der Waals surface area contributed by atoms with Crippen molar-refractivity contribution in [1.29, 1.82) is 5.26 Å². The van der Waals surface area contributed by atoms with Gasteiger partial charge < -0.3 is 10.1 Å². The predicted molar refractivity (Wildman–Crippen MR) is 101 cm³/mol. The quantitative estimate of drug-likeness (QED) is 0.638. The van der Waals surface area contributed by atoms with Crippen LogP contribution in [0.1, 0.15) is 22.2 Å². The predicted octanol–water partition coefficient (Wildman–Crippen LogP) is 4.75. The second-order valence-corrected chi connectivity index (χ2v) is 7.01. The highest BCUT2D eigenvalue weighted by Gasteiger charge is 2.24. The number of benzene rings is 2. The molecular weight excluding hydrogens is 391 g/mol. The molecule has 1 N–H and O–H groups in total. The lowest BCUT2D eigenvalue weighted by atomic mass is 10.2. The van der Waals surface area contributed by atoms with E-state index in [9.17, 15) is 14.0 Å². The maximum atomic E-state index is 13.3. The lowest BCUT2D eigenvalue weighted by molar-refractivity contribution is -0.123. The molecule has 0 radical (unpaired) electrons. The van der Waals surface area contributed by atoms with Gasteiger partial charge in [0.05, 0.1) is 16.3 Å². The third-order valence-electron chi connectivity index (χ3n) is 3.74. The second-order valence-electron chi connectivity index (χ2n) is 5.58. The Morgan fingerprint density at radius 3 is 2.78 bits per heavy atom. The number of hydrogen-bond acceptors (Lipinski definition) is 5. The number of esters is 1. The van der Waals surface area contributed by atoms with Crippen molar-refractivity contribution >= 4 is 50.6 Å². The number of rotatable bonds is 4. The Bertz CT molecular complexity index is 1090. The summed E-state index contributed by atoms with van der Waals surface area (Å²) in [6.07, 6.45) is -1.12. The summed E-state index contributed by atoms with van der Waals surface area (Å²) in [6.45, 7) is 1.41. The zero-order valence-electron chi connectivity index (χ0n) is 14.0. The highest BCUT2D eigenvalue weighted by molar-refractivity contribution is 7.21. The van der Waals surface area contributed by atoms with Gasteiger partial charge in [0, 0.05) is 10.1 Å². The van der Waals surface area contributed by atoms with E-state index in [1.54, 1.807) is 24.3 Å². The van der Waals surface area contributed by atoms with Gasteiger partial charge in [0.15, 0.2) is 6.10 Å². The molecule has 5 nitrogen and oxygen atoms in total. The molecule has 8 heteroatoms. The molecule has 0 saturated heterocycles. The zero-order valence-corrected chi connectivity index (χ0v) is 15.5. The molecule has 27 heavy (non-hydrogen) atoms. The van der Waals surface area contributed by atoms with E-state index in [1.807, 2.05) is 6.07 Å². The number of para-hydroxylation sites is 1. The summed E-state index contributed by atoms with van der Waals surface area (Å²) in [4.78, 5) is 24.8. The summed E-state index contributed by atoms with van der Waals surface area (Å²) < 4.78 is 19.0. The number of ether oxygens (including phenoxy) is 1. The van der Waals surface area contributed by atoms with Gasteiger partial charge in [-0.3, -0.25) is 4.79 Å². The number of thiophene rings is 1. The van der Waals surface area contributed by atoms with Crippen molar-refractivity contribution in [3.05, 3.63) is 63.7 Å². The molecule has 0 spiro atoms. The van der Waals surface area contributed by atoms with Crippen LogP contribution in [0.25, 0.3) is 10.1 Å². The molecule has 136 valence electrons. The maximum Gasteiger partial charge on any atom is 0.350 e. The molecule has 0 aliphatic carbocycles. The van der Waals surface area contributed by atoms with Crippen LogP contribution in [0.5, 0.6) is 0 Å². The fourth-order valence-corrected chi connectivity index (χ4v) is 3.78. The van der Waals surface area contributed by atoms with E-state index >= 15 is 0 Å². The van der Waals surface area contributed by atoms with Gasteiger partial charge in [0.1, 0.15) is 16.8 Å². The molecule has 1 amide bonds. The Morgan fingerprint density at radius 1 is 1.30 bits per heavy atom. The Labute approximate surface area is 162 Å². The van der Waals surface area contributed by atoms with E-state index < -0.39 is 23.8 Å². The van der Waals surface area contributed by atoms with Crippen LogP contribution in [0, 0.1) is 17.1 Å². The fraction of sp³-hybridized carbons (Fsp3) is 0.105. The lowest BCUT2D eigenvalue weighted by Gasteiger charge is -2.13. The van der Waals surface area contributed by atoms with Gasteiger partial charge in [0.2, 0.25) is 0 Å². The van der Waals surface area contributed by atoms with Crippen LogP contribution >= 0.6 is 22.9 Å². The summed E-state index contributed by atoms with van der Waals surface area (Å²) in [6, 6.07) is 12.4. The van der Waals surface area contributed by atoms with Gasteiger partial charge in [-0.25, -0.2) is 9.18 Å². The summed E-state index contributed by atoms with van der Waals surface area (Å²) >= 11 is 7.18. The minimum Gasteiger partial charge on any atom is -0.448 e. The Balaban J connectivity index is 1.75. The zero-order chi connectivity index (χ0) is 19.6. The van der Waals surface area contributed by atoms with Crippen molar-refractivity contribution in [3.63, 3.8) is 0 Å². The average Bonchev–Trinajstić information content (AvgIpc) is 2.98. The van der Waals surface area contributed by atoms with Crippen LogP contribution in [-0.4, -0.2) is 18.0 Å². The number of nitrogens with zero attached hydrogens (tertiary/aromatic N) is 1. The van der Waals surface area contributed by atoms with Crippen LogP contribution < -0.4 is 5.32 Å². The van der Waals surface area contributed by atoms with Crippen LogP contribution in [-0.2, 0) is 9.53 Å². The molecule has 2 aromatic carbocycles. The van der Waals surface area contributed by atoms with E-state index in [4.69, 9.17) is 21.6 Å². The standard InChI is InChI=1S/C19H12ClFN2O3S/c1-10(18(24)23-14-5-3-2-4-11(14)9-22)26-19(25)17-16(20)13-7-6-12(21)8-15(13)27-17/h2-8,10H,1H3,(H,23,24)/t10-/m0/s1. The Kier molecular flexibility index (Phi) is 5.40. The molecule has 1 atom stereocenters. The topological polar surface area (TPSA) is 79.2 Å².